The summed E-state index contributed by atoms with van der Waals surface area (Å²) in [6.07, 6.45) is 1.78. The minimum Gasteiger partial charge on any atom is -0.260 e. The lowest BCUT2D eigenvalue weighted by molar-refractivity contribution is 0.713. The van der Waals surface area contributed by atoms with E-state index in [9.17, 15) is 0 Å². The normalized spacial score (nSPS) is 11.0. The molecule has 0 radical (unpaired) electrons. The van der Waals surface area contributed by atoms with E-state index in [1.165, 1.54) is 5.56 Å². The lowest BCUT2D eigenvalue weighted by atomic mass is 10.2. The summed E-state index contributed by atoms with van der Waals surface area (Å²) >= 11 is 0. The molecule has 0 atom stereocenters. The van der Waals surface area contributed by atoms with Crippen molar-refractivity contribution in [3.8, 4) is 11.5 Å². The van der Waals surface area contributed by atoms with Crippen LogP contribution in [0.2, 0.25) is 0 Å². The molecule has 0 amide bonds. The summed E-state index contributed by atoms with van der Waals surface area (Å²) in [5.74, 6) is 0.674. The SMILES string of the molecule is Cc1ccnc(-c2nn(Cc3ccccc3)c3ccccc23)n1. The smallest absolute Gasteiger partial charge is 0.180 e. The van der Waals surface area contributed by atoms with E-state index in [0.717, 1.165) is 28.8 Å². The monoisotopic (exact) mass is 300 g/mol. The highest BCUT2D eigenvalue weighted by atomic mass is 15.3. The van der Waals surface area contributed by atoms with Crippen molar-refractivity contribution in [2.45, 2.75) is 13.5 Å². The van der Waals surface area contributed by atoms with E-state index in [2.05, 4.69) is 34.2 Å². The summed E-state index contributed by atoms with van der Waals surface area (Å²) in [6.45, 7) is 2.70. The molecule has 0 unspecified atom stereocenters. The van der Waals surface area contributed by atoms with E-state index in [1.807, 2.05) is 48.0 Å². The molecule has 4 nitrogen and oxygen atoms in total. The molecule has 0 aliphatic carbocycles. The van der Waals surface area contributed by atoms with Gasteiger partial charge in [-0.25, -0.2) is 9.97 Å². The molecule has 0 fully saturated rings. The van der Waals surface area contributed by atoms with E-state index < -0.39 is 0 Å². The molecule has 0 saturated carbocycles. The number of fused-ring (bicyclic) bond motifs is 1. The Morgan fingerprint density at radius 2 is 1.70 bits per heavy atom. The third kappa shape index (κ3) is 2.59. The highest BCUT2D eigenvalue weighted by Crippen LogP contribution is 2.26. The Bertz CT molecular complexity index is 957. The Labute approximate surface area is 134 Å². The van der Waals surface area contributed by atoms with Gasteiger partial charge in [-0.15, -0.1) is 0 Å². The van der Waals surface area contributed by atoms with Crippen LogP contribution in [0.15, 0.2) is 66.9 Å². The largest absolute Gasteiger partial charge is 0.260 e. The van der Waals surface area contributed by atoms with Gasteiger partial charge in [0.1, 0.15) is 5.69 Å². The summed E-state index contributed by atoms with van der Waals surface area (Å²) in [7, 11) is 0. The third-order valence-electron chi connectivity index (χ3n) is 3.84. The first kappa shape index (κ1) is 13.6. The summed E-state index contributed by atoms with van der Waals surface area (Å²) in [4.78, 5) is 8.92. The topological polar surface area (TPSA) is 43.6 Å². The zero-order valence-electron chi connectivity index (χ0n) is 12.8. The van der Waals surface area contributed by atoms with Gasteiger partial charge in [-0.2, -0.15) is 5.10 Å². The van der Waals surface area contributed by atoms with Crippen LogP contribution in [-0.4, -0.2) is 19.7 Å². The number of para-hydroxylation sites is 1. The van der Waals surface area contributed by atoms with Crippen molar-refractivity contribution in [3.05, 3.63) is 78.1 Å². The minimum atomic E-state index is 0.674. The average Bonchev–Trinajstić information content (AvgIpc) is 2.95. The van der Waals surface area contributed by atoms with Gasteiger partial charge in [-0.05, 0) is 24.6 Å². The zero-order chi connectivity index (χ0) is 15.6. The van der Waals surface area contributed by atoms with Crippen molar-refractivity contribution in [2.75, 3.05) is 0 Å². The zero-order valence-corrected chi connectivity index (χ0v) is 12.8. The summed E-state index contributed by atoms with van der Waals surface area (Å²) in [5, 5.41) is 5.87. The van der Waals surface area contributed by atoms with Gasteiger partial charge in [0.15, 0.2) is 5.82 Å². The van der Waals surface area contributed by atoms with Crippen LogP contribution >= 0.6 is 0 Å². The van der Waals surface area contributed by atoms with Crippen LogP contribution in [0.1, 0.15) is 11.3 Å². The van der Waals surface area contributed by atoms with Crippen LogP contribution < -0.4 is 0 Å². The maximum absolute atomic E-state index is 4.79. The first-order chi connectivity index (χ1) is 11.3. The Balaban J connectivity index is 1.86. The molecule has 4 heteroatoms. The van der Waals surface area contributed by atoms with Crippen LogP contribution in [0, 0.1) is 6.92 Å². The Morgan fingerprint density at radius 3 is 2.52 bits per heavy atom. The standard InChI is InChI=1S/C19H16N4/c1-14-11-12-20-19(21-14)18-16-9-5-6-10-17(16)23(22-18)13-15-7-3-2-4-8-15/h2-12H,13H2,1H3. The maximum Gasteiger partial charge on any atom is 0.180 e. The van der Waals surface area contributed by atoms with Crippen LogP contribution in [0.3, 0.4) is 0 Å². The van der Waals surface area contributed by atoms with Crippen molar-refractivity contribution < 1.29 is 0 Å². The number of hydrogen-bond acceptors (Lipinski definition) is 3. The Morgan fingerprint density at radius 1 is 0.913 bits per heavy atom. The van der Waals surface area contributed by atoms with E-state index in [-0.39, 0.29) is 0 Å². The summed E-state index contributed by atoms with van der Waals surface area (Å²) < 4.78 is 2.02. The number of nitrogens with zero attached hydrogens (tertiary/aromatic N) is 4. The van der Waals surface area contributed by atoms with E-state index in [1.54, 1.807) is 6.20 Å². The van der Waals surface area contributed by atoms with E-state index in [4.69, 9.17) is 5.10 Å². The van der Waals surface area contributed by atoms with Gasteiger partial charge in [0.2, 0.25) is 0 Å². The average molecular weight is 300 g/mol. The van der Waals surface area contributed by atoms with Gasteiger partial charge in [0, 0.05) is 17.3 Å². The molecule has 4 aromatic rings. The molecule has 2 heterocycles. The second kappa shape index (κ2) is 5.65. The summed E-state index contributed by atoms with van der Waals surface area (Å²) in [6, 6.07) is 20.5. The molecule has 0 aliphatic heterocycles. The molecule has 0 N–H and O–H groups in total. The number of benzene rings is 2. The minimum absolute atomic E-state index is 0.674. The molecule has 23 heavy (non-hydrogen) atoms. The molecule has 0 bridgehead atoms. The van der Waals surface area contributed by atoms with Crippen LogP contribution in [-0.2, 0) is 6.54 Å². The van der Waals surface area contributed by atoms with Crippen molar-refractivity contribution in [3.63, 3.8) is 0 Å². The third-order valence-corrected chi connectivity index (χ3v) is 3.84. The lowest BCUT2D eigenvalue weighted by Gasteiger charge is -2.03. The Hall–Kier alpha value is -3.01. The fourth-order valence-corrected chi connectivity index (χ4v) is 2.73. The predicted molar refractivity (Wildman–Crippen MR) is 91.0 cm³/mol. The molecule has 112 valence electrons. The number of rotatable bonds is 3. The van der Waals surface area contributed by atoms with Crippen molar-refractivity contribution in [2.24, 2.45) is 0 Å². The van der Waals surface area contributed by atoms with Crippen molar-refractivity contribution in [1.82, 2.24) is 19.7 Å². The highest BCUT2D eigenvalue weighted by Gasteiger charge is 2.14. The maximum atomic E-state index is 4.79. The van der Waals surface area contributed by atoms with Crippen LogP contribution in [0.5, 0.6) is 0 Å². The summed E-state index contributed by atoms with van der Waals surface area (Å²) in [5.41, 5.74) is 4.09. The van der Waals surface area contributed by atoms with E-state index in [0.29, 0.717) is 5.82 Å². The number of aromatic nitrogens is 4. The van der Waals surface area contributed by atoms with E-state index >= 15 is 0 Å². The van der Waals surface area contributed by atoms with Gasteiger partial charge < -0.3 is 0 Å². The quantitative estimate of drug-likeness (QED) is 0.577. The molecule has 0 saturated heterocycles. The van der Waals surface area contributed by atoms with Crippen molar-refractivity contribution >= 4 is 10.9 Å². The van der Waals surface area contributed by atoms with Crippen molar-refractivity contribution in [1.29, 1.82) is 0 Å². The first-order valence-corrected chi connectivity index (χ1v) is 7.61. The number of aryl methyl sites for hydroxylation is 1. The second-order valence-electron chi connectivity index (χ2n) is 5.53. The van der Waals surface area contributed by atoms with Gasteiger partial charge in [-0.3, -0.25) is 4.68 Å². The van der Waals surface area contributed by atoms with Gasteiger partial charge >= 0.3 is 0 Å². The molecule has 4 rings (SSSR count). The van der Waals surface area contributed by atoms with Crippen LogP contribution in [0.4, 0.5) is 0 Å². The molecule has 0 aliphatic rings. The van der Waals surface area contributed by atoms with Gasteiger partial charge in [-0.1, -0.05) is 48.5 Å². The molecule has 2 aromatic heterocycles. The van der Waals surface area contributed by atoms with Gasteiger partial charge in [0.25, 0.3) is 0 Å². The second-order valence-corrected chi connectivity index (χ2v) is 5.53. The fraction of sp³-hybridized carbons (Fsp3) is 0.105. The molecule has 0 spiro atoms. The van der Waals surface area contributed by atoms with Gasteiger partial charge in [0.05, 0.1) is 12.1 Å². The number of hydrogen-bond donors (Lipinski definition) is 0. The molecular formula is C19H16N4. The molecular weight excluding hydrogens is 284 g/mol. The highest BCUT2D eigenvalue weighted by molar-refractivity contribution is 5.91. The Kier molecular flexibility index (Phi) is 3.35. The van der Waals surface area contributed by atoms with Crippen LogP contribution in [0.25, 0.3) is 22.4 Å². The first-order valence-electron chi connectivity index (χ1n) is 7.61. The lowest BCUT2D eigenvalue weighted by Crippen LogP contribution is -2.02. The predicted octanol–water partition coefficient (Wildman–Crippen LogP) is 3.85. The molecule has 2 aromatic carbocycles. The fourth-order valence-electron chi connectivity index (χ4n) is 2.73.